The predicted octanol–water partition coefficient (Wildman–Crippen LogP) is 5.67. The Morgan fingerprint density at radius 2 is 1.67 bits per heavy atom. The van der Waals surface area contributed by atoms with Crippen molar-refractivity contribution in [3.05, 3.63) is 96.3 Å². The topological polar surface area (TPSA) is 65.4 Å². The molecular formula is C30H33N3O3. The number of imidazole rings is 1. The van der Waals surface area contributed by atoms with Gasteiger partial charge in [-0.15, -0.1) is 0 Å². The minimum atomic E-state index is -0.0794. The van der Waals surface area contributed by atoms with Crippen molar-refractivity contribution < 1.29 is 14.3 Å². The Morgan fingerprint density at radius 3 is 2.47 bits per heavy atom. The zero-order chi connectivity index (χ0) is 25.0. The Hall–Kier alpha value is -4.06. The van der Waals surface area contributed by atoms with Crippen molar-refractivity contribution in [2.75, 3.05) is 20.3 Å². The smallest absolute Gasteiger partial charge is 0.243 e. The van der Waals surface area contributed by atoms with Gasteiger partial charge in [-0.1, -0.05) is 42.5 Å². The van der Waals surface area contributed by atoms with Crippen LogP contribution < -0.4 is 14.8 Å². The average Bonchev–Trinajstić information content (AvgIpc) is 3.28. The number of unbranched alkanes of at least 4 members (excludes halogenated alkanes) is 1. The molecule has 0 fully saturated rings. The lowest BCUT2D eigenvalue weighted by Gasteiger charge is -2.11. The van der Waals surface area contributed by atoms with Gasteiger partial charge < -0.3 is 19.4 Å². The highest BCUT2D eigenvalue weighted by molar-refractivity contribution is 5.91. The van der Waals surface area contributed by atoms with Gasteiger partial charge in [0.1, 0.15) is 17.3 Å². The summed E-state index contributed by atoms with van der Waals surface area (Å²) in [4.78, 5) is 17.0. The molecular weight excluding hydrogens is 450 g/mol. The molecule has 186 valence electrons. The third-order valence-corrected chi connectivity index (χ3v) is 5.94. The maximum Gasteiger partial charge on any atom is 0.243 e. The minimum Gasteiger partial charge on any atom is -0.497 e. The fourth-order valence-electron chi connectivity index (χ4n) is 4.05. The van der Waals surface area contributed by atoms with Crippen molar-refractivity contribution in [1.29, 1.82) is 0 Å². The number of fused-ring (bicyclic) bond motifs is 1. The molecule has 4 rings (SSSR count). The van der Waals surface area contributed by atoms with Gasteiger partial charge in [0, 0.05) is 25.6 Å². The first-order chi connectivity index (χ1) is 17.7. The van der Waals surface area contributed by atoms with Gasteiger partial charge in [0.25, 0.3) is 0 Å². The summed E-state index contributed by atoms with van der Waals surface area (Å²) < 4.78 is 13.4. The molecule has 36 heavy (non-hydrogen) atoms. The number of benzene rings is 3. The summed E-state index contributed by atoms with van der Waals surface area (Å²) in [6.07, 6.45) is 6.98. The molecule has 0 saturated heterocycles. The summed E-state index contributed by atoms with van der Waals surface area (Å²) in [6.45, 7) is 2.15. The second-order valence-electron chi connectivity index (χ2n) is 8.54. The van der Waals surface area contributed by atoms with Crippen LogP contribution in [0.2, 0.25) is 0 Å². The molecule has 4 aromatic rings. The number of ether oxygens (including phenoxy) is 2. The van der Waals surface area contributed by atoms with Gasteiger partial charge >= 0.3 is 0 Å². The van der Waals surface area contributed by atoms with Crippen LogP contribution in [0.25, 0.3) is 17.1 Å². The fraction of sp³-hybridized carbons (Fsp3) is 0.267. The molecule has 1 heterocycles. The molecule has 1 N–H and O–H groups in total. The Bertz CT molecular complexity index is 1260. The number of aryl methyl sites for hydroxylation is 2. The molecule has 0 bridgehead atoms. The summed E-state index contributed by atoms with van der Waals surface area (Å²) in [5.41, 5.74) is 3.17. The van der Waals surface area contributed by atoms with E-state index < -0.39 is 0 Å². The monoisotopic (exact) mass is 483 g/mol. The normalized spacial score (nSPS) is 11.1. The molecule has 0 aliphatic rings. The maximum atomic E-state index is 12.1. The summed E-state index contributed by atoms with van der Waals surface area (Å²) in [7, 11) is 1.66. The molecule has 1 amide bonds. The third-order valence-electron chi connectivity index (χ3n) is 5.94. The number of aromatic nitrogens is 2. The first-order valence-corrected chi connectivity index (χ1v) is 12.4. The molecule has 3 aromatic carbocycles. The summed E-state index contributed by atoms with van der Waals surface area (Å²) in [5, 5.41) is 2.97. The van der Waals surface area contributed by atoms with Crippen LogP contribution >= 0.6 is 0 Å². The Labute approximate surface area is 212 Å². The Kier molecular flexibility index (Phi) is 9.14. The number of hydrogen-bond acceptors (Lipinski definition) is 4. The number of rotatable bonds is 13. The van der Waals surface area contributed by atoms with E-state index in [2.05, 4.69) is 28.1 Å². The van der Waals surface area contributed by atoms with Crippen molar-refractivity contribution in [3.63, 3.8) is 0 Å². The summed E-state index contributed by atoms with van der Waals surface area (Å²) in [6, 6.07) is 25.7. The highest BCUT2D eigenvalue weighted by Gasteiger charge is 2.10. The second kappa shape index (κ2) is 13.1. The number of para-hydroxylation sites is 2. The van der Waals surface area contributed by atoms with Crippen LogP contribution in [-0.2, 0) is 17.8 Å². The Morgan fingerprint density at radius 1 is 0.917 bits per heavy atom. The quantitative estimate of drug-likeness (QED) is 0.197. The number of nitrogens with one attached hydrogen (secondary N) is 1. The van der Waals surface area contributed by atoms with Crippen LogP contribution in [0.4, 0.5) is 0 Å². The highest BCUT2D eigenvalue weighted by atomic mass is 16.5. The van der Waals surface area contributed by atoms with E-state index in [0.717, 1.165) is 66.1 Å². The van der Waals surface area contributed by atoms with Gasteiger partial charge in [-0.05, 0) is 67.3 Å². The molecule has 6 nitrogen and oxygen atoms in total. The van der Waals surface area contributed by atoms with Crippen molar-refractivity contribution in [3.8, 4) is 11.5 Å². The van der Waals surface area contributed by atoms with Crippen molar-refractivity contribution >= 4 is 23.0 Å². The first-order valence-electron chi connectivity index (χ1n) is 12.4. The lowest BCUT2D eigenvalue weighted by Crippen LogP contribution is -2.22. The average molecular weight is 484 g/mol. The van der Waals surface area contributed by atoms with Crippen LogP contribution in [0.15, 0.2) is 84.9 Å². The fourth-order valence-corrected chi connectivity index (χ4v) is 4.05. The minimum absolute atomic E-state index is 0.0794. The maximum absolute atomic E-state index is 12.1. The highest BCUT2D eigenvalue weighted by Crippen LogP contribution is 2.19. The molecule has 1 aromatic heterocycles. The van der Waals surface area contributed by atoms with Crippen molar-refractivity contribution in [2.45, 2.75) is 32.2 Å². The third kappa shape index (κ3) is 7.22. The Balaban J connectivity index is 1.24. The number of nitrogens with zero attached hydrogens (tertiary/aromatic N) is 2. The van der Waals surface area contributed by atoms with Crippen LogP contribution in [0, 0.1) is 0 Å². The van der Waals surface area contributed by atoms with Gasteiger partial charge in [0.2, 0.25) is 5.91 Å². The number of hydrogen-bond donors (Lipinski definition) is 1. The number of amides is 1. The van der Waals surface area contributed by atoms with Gasteiger partial charge in [-0.2, -0.15) is 0 Å². The van der Waals surface area contributed by atoms with E-state index in [4.69, 9.17) is 14.5 Å². The van der Waals surface area contributed by atoms with E-state index in [9.17, 15) is 4.79 Å². The largest absolute Gasteiger partial charge is 0.497 e. The van der Waals surface area contributed by atoms with Gasteiger partial charge in [-0.25, -0.2) is 4.98 Å². The van der Waals surface area contributed by atoms with Crippen LogP contribution in [0.5, 0.6) is 11.5 Å². The lowest BCUT2D eigenvalue weighted by atomic mass is 10.2. The van der Waals surface area contributed by atoms with E-state index in [1.54, 1.807) is 13.2 Å². The van der Waals surface area contributed by atoms with Gasteiger partial charge in [0.15, 0.2) is 0 Å². The van der Waals surface area contributed by atoms with E-state index in [-0.39, 0.29) is 5.91 Å². The second-order valence-corrected chi connectivity index (χ2v) is 8.54. The summed E-state index contributed by atoms with van der Waals surface area (Å²) >= 11 is 0. The van der Waals surface area contributed by atoms with E-state index in [1.807, 2.05) is 66.7 Å². The van der Waals surface area contributed by atoms with Crippen LogP contribution in [0.3, 0.4) is 0 Å². The number of carbonyl (C=O) groups is 1. The SMILES string of the molecule is COc1ccc(OCCCCn2c(CCCNC(=O)/C=C/c3ccccc3)nc3ccccc32)cc1. The molecule has 0 unspecified atom stereocenters. The molecule has 0 aliphatic heterocycles. The van der Waals surface area contributed by atoms with Crippen LogP contribution in [-0.4, -0.2) is 35.7 Å². The molecule has 0 radical (unpaired) electrons. The van der Waals surface area contributed by atoms with E-state index in [0.29, 0.717) is 13.2 Å². The predicted molar refractivity (Wildman–Crippen MR) is 144 cm³/mol. The lowest BCUT2D eigenvalue weighted by molar-refractivity contribution is -0.116. The molecule has 6 heteroatoms. The van der Waals surface area contributed by atoms with Crippen LogP contribution in [0.1, 0.15) is 30.7 Å². The number of carbonyl (C=O) groups excluding carboxylic acids is 1. The molecule has 0 aliphatic carbocycles. The molecule has 0 spiro atoms. The van der Waals surface area contributed by atoms with Gasteiger partial charge in [0.05, 0.1) is 24.8 Å². The molecule has 0 atom stereocenters. The standard InChI is InChI=1S/C30H33N3O3/c1-35-25-16-18-26(19-17-25)36-23-8-7-22-33-28-13-6-5-12-27(28)32-29(33)14-9-21-31-30(34)20-15-24-10-3-2-4-11-24/h2-6,10-13,15-20H,7-9,14,21-23H2,1H3,(H,31,34)/b20-15+. The van der Waals surface area contributed by atoms with Crippen molar-refractivity contribution in [2.24, 2.45) is 0 Å². The number of methoxy groups -OCH3 is 1. The zero-order valence-corrected chi connectivity index (χ0v) is 20.7. The van der Waals surface area contributed by atoms with Crippen molar-refractivity contribution in [1.82, 2.24) is 14.9 Å². The molecule has 0 saturated carbocycles. The zero-order valence-electron chi connectivity index (χ0n) is 20.7. The van der Waals surface area contributed by atoms with E-state index in [1.165, 1.54) is 0 Å². The summed E-state index contributed by atoms with van der Waals surface area (Å²) in [5.74, 6) is 2.65. The van der Waals surface area contributed by atoms with Gasteiger partial charge in [-0.3, -0.25) is 4.79 Å². The van der Waals surface area contributed by atoms with E-state index >= 15 is 0 Å². The first kappa shape index (κ1) is 25.0.